The lowest BCUT2D eigenvalue weighted by Crippen LogP contribution is -2.36. The number of rotatable bonds is 22. The number of allylic oxidation sites excluding steroid dienone is 4. The zero-order valence-electron chi connectivity index (χ0n) is 41.9. The molecular weight excluding hydrogens is 1310 g/mol. The average molecular weight is 1350 g/mol. The predicted molar refractivity (Wildman–Crippen MR) is 302 cm³/mol. The maximum atomic E-state index is 13.3. The number of benzene rings is 4. The van der Waals surface area contributed by atoms with Crippen LogP contribution in [0.1, 0.15) is 40.3 Å². The Kier molecular flexibility index (Phi) is 18.1. The smallest absolute Gasteiger partial charge is 0.295 e. The van der Waals surface area contributed by atoms with Crippen molar-refractivity contribution < 1.29 is 100 Å². The molecule has 40 heteroatoms. The molecule has 7 aromatic rings. The van der Waals surface area contributed by atoms with E-state index < -0.39 is 118 Å². The SMILES string of the molecule is NS(=O)(=O)c1nnc(NC(=O)CCNC(=O)c2ccc(C(C=Cc3sc4c5cc(S(=O)(=O)O)cc(S(=O)(=O)O)c5ccc4[n+]3CCCS(=O)(=O)[O-])=CC=C3Sc4c(ccc5c(S(=O)(=O)O)cc(S(=O)(=O)O)cc45)N3CCCS(=O)(=O)O)nc2)s1. The highest BCUT2D eigenvalue weighted by Gasteiger charge is 2.31. The van der Waals surface area contributed by atoms with Gasteiger partial charge in [0.05, 0.1) is 47.6 Å². The number of carbonyl (C=O) groups excluding carboxylic acids is 2. The number of aryl methyl sites for hydroxylation is 1. The van der Waals surface area contributed by atoms with Gasteiger partial charge in [0, 0.05) is 82.0 Å². The summed E-state index contributed by atoms with van der Waals surface area (Å²) in [7, 11) is -34.1. The highest BCUT2D eigenvalue weighted by molar-refractivity contribution is 8.04. The van der Waals surface area contributed by atoms with E-state index in [0.717, 1.165) is 41.4 Å². The Morgan fingerprint density at radius 1 is 0.726 bits per heavy atom. The molecule has 9 N–H and O–H groups in total. The number of sulfonamides is 1. The van der Waals surface area contributed by atoms with Crippen molar-refractivity contribution in [3.05, 3.63) is 106 Å². The Hall–Kier alpha value is -6.32. The van der Waals surface area contributed by atoms with Gasteiger partial charge in [0.2, 0.25) is 20.9 Å². The second kappa shape index (κ2) is 23.9. The number of thiazole rings is 1. The third-order valence-electron chi connectivity index (χ3n) is 11.9. The van der Waals surface area contributed by atoms with Crippen molar-refractivity contribution >= 4 is 171 Å². The molecule has 0 bridgehead atoms. The largest absolute Gasteiger partial charge is 0.748 e. The molecule has 4 heterocycles. The topological polar surface area (TPSA) is 493 Å². The Labute approximate surface area is 489 Å². The molecule has 448 valence electrons. The molecule has 1 aliphatic rings. The first-order valence-electron chi connectivity index (χ1n) is 23.1. The lowest BCUT2D eigenvalue weighted by Gasteiger charge is -2.20. The van der Waals surface area contributed by atoms with Gasteiger partial charge in [-0.3, -0.25) is 37.3 Å². The van der Waals surface area contributed by atoms with Crippen molar-refractivity contribution in [3.63, 3.8) is 0 Å². The molecule has 30 nitrogen and oxygen atoms in total. The molecule has 0 radical (unpaired) electrons. The Bertz CT molecular complexity index is 4840. The first-order chi connectivity index (χ1) is 38.9. The molecule has 84 heavy (non-hydrogen) atoms. The minimum Gasteiger partial charge on any atom is -0.748 e. The van der Waals surface area contributed by atoms with Crippen LogP contribution in [0.25, 0.3) is 43.4 Å². The first-order valence-corrected chi connectivity index (χ1v) is 36.1. The number of anilines is 2. The van der Waals surface area contributed by atoms with E-state index in [1.54, 1.807) is 0 Å². The van der Waals surface area contributed by atoms with Crippen molar-refractivity contribution in [2.75, 3.05) is 34.8 Å². The van der Waals surface area contributed by atoms with Crippen LogP contribution in [-0.2, 0) is 82.1 Å². The highest BCUT2D eigenvalue weighted by Crippen LogP contribution is 2.51. The molecule has 8 rings (SSSR count). The van der Waals surface area contributed by atoms with E-state index in [9.17, 15) is 95.8 Å². The number of nitrogens with two attached hydrogens (primary N) is 1. The summed E-state index contributed by atoms with van der Waals surface area (Å²) in [6, 6.07) is 10.9. The maximum absolute atomic E-state index is 13.3. The van der Waals surface area contributed by atoms with Gasteiger partial charge in [-0.25, -0.2) is 22.0 Å². The fourth-order valence-corrected chi connectivity index (χ4v) is 15.7. The molecule has 0 aliphatic carbocycles. The first kappa shape index (κ1) is 63.7. The van der Waals surface area contributed by atoms with Gasteiger partial charge in [0.25, 0.3) is 71.5 Å². The van der Waals surface area contributed by atoms with Crippen LogP contribution in [0, 0.1) is 0 Å². The number of hydrogen-bond acceptors (Lipinski definition) is 24. The van der Waals surface area contributed by atoms with Crippen molar-refractivity contribution in [3.8, 4) is 0 Å². The summed E-state index contributed by atoms with van der Waals surface area (Å²) < 4.78 is 233. The quantitative estimate of drug-likeness (QED) is 0.0209. The third-order valence-corrected chi connectivity index (χ3v) is 21.5. The van der Waals surface area contributed by atoms with Crippen molar-refractivity contribution in [1.82, 2.24) is 20.5 Å². The van der Waals surface area contributed by atoms with Crippen LogP contribution in [0.15, 0.2) is 119 Å². The number of primary sulfonamides is 1. The number of nitrogens with zero attached hydrogens (tertiary/aromatic N) is 5. The Morgan fingerprint density at radius 2 is 1.36 bits per heavy atom. The summed E-state index contributed by atoms with van der Waals surface area (Å²) in [5.74, 6) is -3.03. The van der Waals surface area contributed by atoms with Crippen LogP contribution in [0.5, 0.6) is 0 Å². The van der Waals surface area contributed by atoms with Gasteiger partial charge >= 0.3 is 0 Å². The van der Waals surface area contributed by atoms with E-state index in [1.165, 1.54) is 70.2 Å². The molecular formula is C44H40N8O22S10. The highest BCUT2D eigenvalue weighted by atomic mass is 32.3. The second-order valence-corrected chi connectivity index (χ2v) is 31.2. The van der Waals surface area contributed by atoms with E-state index in [0.29, 0.717) is 23.5 Å². The normalized spacial score (nSPS) is 14.5. The summed E-state index contributed by atoms with van der Waals surface area (Å²) >= 11 is 2.24. The van der Waals surface area contributed by atoms with E-state index in [1.807, 2.05) is 0 Å². The Balaban J connectivity index is 1.25. The summed E-state index contributed by atoms with van der Waals surface area (Å²) in [6.45, 7) is -0.652. The van der Waals surface area contributed by atoms with Crippen LogP contribution in [0.2, 0.25) is 0 Å². The molecule has 0 spiro atoms. The molecule has 0 saturated heterocycles. The van der Waals surface area contributed by atoms with Crippen LogP contribution in [-0.4, -0.2) is 138 Å². The number of thioether (sulfide) groups is 1. The second-order valence-electron chi connectivity index (χ2n) is 17.7. The summed E-state index contributed by atoms with van der Waals surface area (Å²) in [6.07, 6.45) is 6.04. The summed E-state index contributed by atoms with van der Waals surface area (Å²) in [4.78, 5) is 28.4. The van der Waals surface area contributed by atoms with Crippen molar-refractivity contribution in [2.24, 2.45) is 5.14 Å². The fourth-order valence-electron chi connectivity index (χ4n) is 8.31. The number of fused-ring (bicyclic) bond motifs is 6. The molecule has 0 unspecified atom stereocenters. The zero-order chi connectivity index (χ0) is 61.7. The van der Waals surface area contributed by atoms with Crippen molar-refractivity contribution in [1.29, 1.82) is 0 Å². The lowest BCUT2D eigenvalue weighted by molar-refractivity contribution is -0.668. The van der Waals surface area contributed by atoms with Gasteiger partial charge in [-0.15, -0.1) is 10.2 Å². The minimum absolute atomic E-state index is 0.0500. The number of hydrogen-bond donors (Lipinski definition) is 8. The van der Waals surface area contributed by atoms with E-state index in [4.69, 9.17) is 5.14 Å². The van der Waals surface area contributed by atoms with Crippen molar-refractivity contribution in [2.45, 2.75) is 54.6 Å². The average Bonchev–Trinajstić information content (AvgIpc) is 1.78. The van der Waals surface area contributed by atoms with Crippen LogP contribution in [0.3, 0.4) is 0 Å². The van der Waals surface area contributed by atoms with Crippen LogP contribution in [0.4, 0.5) is 10.8 Å². The van der Waals surface area contributed by atoms with E-state index in [-0.39, 0.29) is 113 Å². The summed E-state index contributed by atoms with van der Waals surface area (Å²) in [5, 5.41) is 16.4. The molecule has 2 amide bonds. The van der Waals surface area contributed by atoms with Gasteiger partial charge in [-0.1, -0.05) is 46.6 Å². The lowest BCUT2D eigenvalue weighted by atomic mass is 10.1. The standard InChI is InChI=1S/C44H40N8O22S10/c45-80(61,62)44-50-49-43(77-44)48-37(53)13-14-46-42(54)25-3-8-32(47-23-25)24(4-11-38-51(15-1-17-78(55,56)57)33-9-6-28-30(40(33)75-38)19-26(81(63,64)65)21-35(28)83(69,70)71)5-12-39-52(16-2-18-79(58,59)60)34-10-7-29-31(41(34)76-39)20-27(82(66,67)68)22-36(29)84(72,73)74/h3-12,19-23H,1-2,13-18H2,(H9-,45,46,48,49,53,54,55,56,57,58,59,60,61,62,63,64,65,66,67,68,69,70,71,72,73,74). The zero-order valence-corrected chi connectivity index (χ0v) is 50.1. The predicted octanol–water partition coefficient (Wildman–Crippen LogP) is 2.90. The minimum atomic E-state index is -5.16. The monoisotopic (exact) mass is 1350 g/mol. The Morgan fingerprint density at radius 3 is 1.93 bits per heavy atom. The van der Waals surface area contributed by atoms with Gasteiger partial charge in [-0.05, 0) is 67.1 Å². The molecule has 4 aromatic carbocycles. The molecule has 1 aliphatic heterocycles. The van der Waals surface area contributed by atoms with Gasteiger partial charge in [-0.2, -0.15) is 46.7 Å². The van der Waals surface area contributed by atoms with Crippen LogP contribution >= 0.6 is 34.4 Å². The van der Waals surface area contributed by atoms with Crippen LogP contribution < -0.4 is 25.2 Å². The number of nitrogens with one attached hydrogen (secondary N) is 2. The number of carbonyl (C=O) groups is 2. The van der Waals surface area contributed by atoms with E-state index in [2.05, 4.69) is 25.8 Å². The third kappa shape index (κ3) is 15.2. The number of pyridine rings is 1. The maximum Gasteiger partial charge on any atom is 0.295 e. The molecule has 3 aromatic heterocycles. The van der Waals surface area contributed by atoms with Gasteiger partial charge in [0.1, 0.15) is 14.5 Å². The fraction of sp³-hybridized carbons (Fsp3) is 0.182. The number of amides is 2. The molecule has 0 saturated carbocycles. The summed E-state index contributed by atoms with van der Waals surface area (Å²) in [5.41, 5.74) is 0.616. The van der Waals surface area contributed by atoms with E-state index >= 15 is 0 Å². The number of aromatic nitrogens is 4. The molecule has 0 fully saturated rings. The molecule has 0 atom stereocenters. The van der Waals surface area contributed by atoms with Gasteiger partial charge < -0.3 is 20.1 Å². The van der Waals surface area contributed by atoms with Gasteiger partial charge in [0.15, 0.2) is 6.54 Å².